The molecule has 2 unspecified atom stereocenters. The number of fused-ring (bicyclic) bond motifs is 2. The van der Waals surface area contributed by atoms with Gasteiger partial charge in [0.1, 0.15) is 0 Å². The fourth-order valence-corrected chi connectivity index (χ4v) is 12.1. The number of aliphatic hydroxyl groups excluding tert-OH is 1. The predicted molar refractivity (Wildman–Crippen MR) is 335 cm³/mol. The molecule has 11 aliphatic heterocycles. The number of piperidine rings is 3. The predicted octanol–water partition coefficient (Wildman–Crippen LogP) is 1.34. The van der Waals surface area contributed by atoms with E-state index in [2.05, 4.69) is 133 Å². The lowest BCUT2D eigenvalue weighted by molar-refractivity contribution is 0.0503. The van der Waals surface area contributed by atoms with E-state index in [9.17, 15) is 8.42 Å². The van der Waals surface area contributed by atoms with Crippen LogP contribution in [0.2, 0.25) is 0 Å². The minimum absolute atomic E-state index is 0.295. The van der Waals surface area contributed by atoms with Crippen LogP contribution in [0.4, 0.5) is 0 Å². The number of piperazine rings is 5. The van der Waals surface area contributed by atoms with E-state index in [1.54, 1.807) is 0 Å². The molecule has 20 heteroatoms. The second-order valence-electron chi connectivity index (χ2n) is 25.2. The van der Waals surface area contributed by atoms with Crippen LogP contribution < -0.4 is 16.0 Å². The molecule has 0 spiro atoms. The highest BCUT2D eigenvalue weighted by Gasteiger charge is 2.29. The lowest BCUT2D eigenvalue weighted by Gasteiger charge is -2.42. The number of β-amino-alcohol motifs (C(OH)–C–C–N with tert-alkyl or cyclic N) is 1. The Kier molecular flexibility index (Phi) is 40.2. The van der Waals surface area contributed by atoms with E-state index in [4.69, 9.17) is 9.84 Å². The summed E-state index contributed by atoms with van der Waals surface area (Å²) in [5, 5.41) is 18.6. The SMILES string of the molecule is CC1CCN(C)CC1.CC1CCNCC1.CN1CCCNCC1.CN1CCN(CCO)CC1.CN1CCN(S(C)(=O)=O)CC1.CN1CCN2CCCC2C1.CN1CCN2CCCCC2C1.CN1CCNCC1.CN1CCOCC1. The van der Waals surface area contributed by atoms with Gasteiger partial charge in [0.15, 0.2) is 0 Å². The van der Waals surface area contributed by atoms with Gasteiger partial charge in [-0.05, 0) is 178 Å². The summed E-state index contributed by atoms with van der Waals surface area (Å²) in [6, 6.07) is 1.79. The standard InChI is InChI=1S/C9H18N2.C8H16N2.C7H16N2O.C7H15N.C6H14N2O2S.C6H14N2.C6H13N.C5H12N2.C5H11NO/c1-10-6-7-11-5-3-2-4-9(11)8-10;1-9-5-6-10-4-2-3-8(10)7-9;1-8-2-4-9(5-3-8)6-7-10;1-7-3-5-8(2)6-4-7;1-7-3-5-8(6-4-7)11(2,9)10;1-8-5-2-3-7-4-6-8;1-6-2-4-7-5-3-6;1-7-4-2-6-3-5-7;1-6-2-4-7-5-3-6/h9H,2-8H2,1H3;8H,2-7H2,1H3;10H,2-7H2,1H3;7H,3-6H2,1-2H3;3-6H2,1-2H3;7H,2-6H2,1H3;6-7H,2-5H2,1H3;6H,2-5H2,1H3;2-5H2,1H3. The Morgan fingerprint density at radius 3 is 1.28 bits per heavy atom. The molecule has 0 aromatic carbocycles. The molecule has 0 aliphatic carbocycles. The van der Waals surface area contributed by atoms with Crippen molar-refractivity contribution >= 4 is 10.0 Å². The van der Waals surface area contributed by atoms with Crippen LogP contribution >= 0.6 is 0 Å². The Bertz CT molecular complexity index is 1470. The van der Waals surface area contributed by atoms with E-state index >= 15 is 0 Å². The maximum absolute atomic E-state index is 11.0. The minimum Gasteiger partial charge on any atom is -0.395 e. The number of sulfonamides is 1. The first kappa shape index (κ1) is 72.5. The van der Waals surface area contributed by atoms with Gasteiger partial charge in [-0.3, -0.25) is 14.7 Å². The number of likely N-dealkylation sites (N-methyl/N-ethyl adjacent to an activating group) is 7. The number of rotatable bonds is 3. The van der Waals surface area contributed by atoms with Gasteiger partial charge in [-0.2, -0.15) is 4.31 Å². The first-order valence-corrected chi connectivity index (χ1v) is 33.7. The Morgan fingerprint density at radius 1 is 0.405 bits per heavy atom. The van der Waals surface area contributed by atoms with Crippen LogP contribution in [0, 0.1) is 11.8 Å². The first-order chi connectivity index (χ1) is 37.9. The molecular formula is C59H129N15O4S. The van der Waals surface area contributed by atoms with Crippen LogP contribution in [-0.4, -0.2) is 369 Å². The van der Waals surface area contributed by atoms with Gasteiger partial charge in [0.2, 0.25) is 10.0 Å². The normalized spacial score (nSPS) is 27.7. The fraction of sp³-hybridized carbons (Fsp3) is 1.00. The number of nitrogens with zero attached hydrogens (tertiary/aromatic N) is 12. The van der Waals surface area contributed by atoms with Crippen LogP contribution in [0.25, 0.3) is 0 Å². The molecule has 11 aliphatic rings. The van der Waals surface area contributed by atoms with Crippen molar-refractivity contribution in [1.29, 1.82) is 0 Å². The Balaban J connectivity index is 0.000000235. The maximum atomic E-state index is 11.0. The third-order valence-electron chi connectivity index (χ3n) is 17.5. The summed E-state index contributed by atoms with van der Waals surface area (Å²) >= 11 is 0. The van der Waals surface area contributed by atoms with E-state index in [0.29, 0.717) is 19.7 Å². The molecule has 470 valence electrons. The minimum atomic E-state index is -2.94. The Labute approximate surface area is 487 Å². The number of ether oxygens (including phenoxy) is 1. The van der Waals surface area contributed by atoms with Crippen molar-refractivity contribution in [3.05, 3.63) is 0 Å². The number of hydrogen-bond acceptors (Lipinski definition) is 18. The van der Waals surface area contributed by atoms with Crippen LogP contribution in [0.3, 0.4) is 0 Å². The number of morpholine rings is 1. The zero-order valence-corrected chi connectivity index (χ0v) is 54.2. The molecule has 0 aromatic rings. The van der Waals surface area contributed by atoms with Gasteiger partial charge in [-0.25, -0.2) is 8.42 Å². The van der Waals surface area contributed by atoms with Crippen LogP contribution in [0.15, 0.2) is 0 Å². The Hall–Kier alpha value is -0.730. The van der Waals surface area contributed by atoms with Crippen molar-refractivity contribution in [3.63, 3.8) is 0 Å². The molecule has 0 bridgehead atoms. The first-order valence-electron chi connectivity index (χ1n) is 31.9. The van der Waals surface area contributed by atoms with Gasteiger partial charge in [-0.15, -0.1) is 0 Å². The molecule has 79 heavy (non-hydrogen) atoms. The largest absolute Gasteiger partial charge is 0.395 e. The number of hydrogen-bond donors (Lipinski definition) is 4. The van der Waals surface area contributed by atoms with Gasteiger partial charge < -0.3 is 65.0 Å². The summed E-state index contributed by atoms with van der Waals surface area (Å²) in [6.07, 6.45) is 15.3. The third kappa shape index (κ3) is 36.0. The second-order valence-corrected chi connectivity index (χ2v) is 27.2. The van der Waals surface area contributed by atoms with Crippen molar-refractivity contribution in [2.75, 3.05) is 285 Å². The fourth-order valence-electron chi connectivity index (χ4n) is 11.3. The zero-order chi connectivity index (χ0) is 57.7. The van der Waals surface area contributed by atoms with E-state index in [-0.39, 0.29) is 0 Å². The van der Waals surface area contributed by atoms with Crippen molar-refractivity contribution in [2.24, 2.45) is 11.8 Å². The van der Waals surface area contributed by atoms with Crippen molar-refractivity contribution in [1.82, 2.24) is 74.2 Å². The summed E-state index contributed by atoms with van der Waals surface area (Å²) in [4.78, 5) is 26.3. The highest BCUT2D eigenvalue weighted by Crippen LogP contribution is 2.21. The van der Waals surface area contributed by atoms with Gasteiger partial charge in [0, 0.05) is 163 Å². The number of aliphatic hydroxyl groups is 1. The molecule has 11 fully saturated rings. The maximum Gasteiger partial charge on any atom is 0.211 e. The summed E-state index contributed by atoms with van der Waals surface area (Å²) in [5.41, 5.74) is 0. The average Bonchev–Trinajstić information content (AvgIpc) is 3.80. The van der Waals surface area contributed by atoms with Crippen LogP contribution in [0.5, 0.6) is 0 Å². The summed E-state index contributed by atoms with van der Waals surface area (Å²) in [6.45, 7) is 42.4. The average molecular weight is 1140 g/mol. The molecular weight excluding hydrogens is 1010 g/mol. The topological polar surface area (TPSA) is 139 Å². The molecule has 11 heterocycles. The molecule has 0 radical (unpaired) electrons. The molecule has 11 rings (SSSR count). The lowest BCUT2D eigenvalue weighted by Crippen LogP contribution is -2.53. The van der Waals surface area contributed by atoms with E-state index < -0.39 is 10.0 Å². The number of nitrogens with one attached hydrogen (secondary N) is 3. The monoisotopic (exact) mass is 1140 g/mol. The molecule has 0 amide bonds. The second kappa shape index (κ2) is 43.8. The molecule has 11 saturated heterocycles. The van der Waals surface area contributed by atoms with Crippen molar-refractivity contribution < 1.29 is 18.3 Å². The molecule has 0 aromatic heterocycles. The molecule has 19 nitrogen and oxygen atoms in total. The van der Waals surface area contributed by atoms with Crippen LogP contribution in [0.1, 0.15) is 78.1 Å². The van der Waals surface area contributed by atoms with Gasteiger partial charge >= 0.3 is 0 Å². The van der Waals surface area contributed by atoms with Gasteiger partial charge in [0.05, 0.1) is 26.1 Å². The lowest BCUT2D eigenvalue weighted by atomic mass is 10.00. The van der Waals surface area contributed by atoms with E-state index in [1.807, 2.05) is 7.05 Å². The third-order valence-corrected chi connectivity index (χ3v) is 18.9. The van der Waals surface area contributed by atoms with E-state index in [1.165, 1.54) is 186 Å². The zero-order valence-electron chi connectivity index (χ0n) is 53.4. The highest BCUT2D eigenvalue weighted by atomic mass is 32.2. The van der Waals surface area contributed by atoms with Gasteiger partial charge in [-0.1, -0.05) is 20.3 Å². The van der Waals surface area contributed by atoms with Gasteiger partial charge in [0.25, 0.3) is 0 Å². The molecule has 2 atom stereocenters. The van der Waals surface area contributed by atoms with E-state index in [0.717, 1.165) is 116 Å². The van der Waals surface area contributed by atoms with Crippen molar-refractivity contribution in [2.45, 2.75) is 90.1 Å². The quantitative estimate of drug-likeness (QED) is 0.323. The number of likely N-dealkylation sites (tertiary alicyclic amines) is 1. The smallest absolute Gasteiger partial charge is 0.211 e. The Morgan fingerprint density at radius 2 is 0.823 bits per heavy atom. The highest BCUT2D eigenvalue weighted by molar-refractivity contribution is 7.88. The van der Waals surface area contributed by atoms with Crippen molar-refractivity contribution in [3.8, 4) is 0 Å². The van der Waals surface area contributed by atoms with Crippen LogP contribution in [-0.2, 0) is 14.8 Å². The molecule has 0 saturated carbocycles. The summed E-state index contributed by atoms with van der Waals surface area (Å²) < 4.78 is 28.6. The summed E-state index contributed by atoms with van der Waals surface area (Å²) in [5.74, 6) is 1.95. The molecule has 4 N–H and O–H groups in total. The summed E-state index contributed by atoms with van der Waals surface area (Å²) in [7, 11) is 14.3.